The minimum absolute atomic E-state index is 0.465. The molecule has 0 saturated carbocycles. The van der Waals surface area contributed by atoms with E-state index in [-0.39, 0.29) is 0 Å². The first-order valence-corrected chi connectivity index (χ1v) is 9.01. The molecule has 1 aliphatic heterocycles. The van der Waals surface area contributed by atoms with Crippen LogP contribution in [0, 0.1) is 0 Å². The topological polar surface area (TPSA) is 101 Å². The Morgan fingerprint density at radius 1 is 1.17 bits per heavy atom. The summed E-state index contributed by atoms with van der Waals surface area (Å²) in [7, 11) is -3.30. The Bertz CT molecular complexity index is 874. The van der Waals surface area contributed by atoms with E-state index in [1.54, 1.807) is 18.2 Å². The van der Waals surface area contributed by atoms with Crippen molar-refractivity contribution in [3.05, 3.63) is 47.5 Å². The number of hydrogen-bond donors (Lipinski definition) is 3. The molecule has 0 saturated heterocycles. The Morgan fingerprint density at radius 2 is 1.87 bits per heavy atom. The number of rotatable bonds is 4. The number of benzene rings is 2. The predicted octanol–water partition coefficient (Wildman–Crippen LogP) is 1.79. The molecule has 0 spiro atoms. The van der Waals surface area contributed by atoms with Gasteiger partial charge < -0.3 is 11.1 Å². The average molecular weight is 331 g/mol. The monoisotopic (exact) mass is 331 g/mol. The predicted molar refractivity (Wildman–Crippen MR) is 91.1 cm³/mol. The lowest BCUT2D eigenvalue weighted by Gasteiger charge is -2.11. The maximum absolute atomic E-state index is 11.7. The van der Waals surface area contributed by atoms with Gasteiger partial charge in [-0.2, -0.15) is 0 Å². The van der Waals surface area contributed by atoms with E-state index in [1.807, 2.05) is 18.2 Å². The molecule has 120 valence electrons. The molecule has 0 unspecified atom stereocenters. The zero-order valence-corrected chi connectivity index (χ0v) is 13.4. The number of carbonyl (C=O) groups is 1. The van der Waals surface area contributed by atoms with Crippen LogP contribution in [0.5, 0.6) is 0 Å². The van der Waals surface area contributed by atoms with Crippen molar-refractivity contribution in [1.82, 2.24) is 0 Å². The standard InChI is InChI=1S/C16H17N3O3S/c1-23(21,22)19-13-4-2-10(3-5-13)12-8-11-6-7-18-15(11)14(9-12)16(17)20/h2-5,8-9,18-19H,6-7H2,1H3,(H2,17,20). The number of carbonyl (C=O) groups excluding carboxylic acids is 1. The molecule has 0 aliphatic carbocycles. The van der Waals surface area contributed by atoms with Gasteiger partial charge in [0.15, 0.2) is 0 Å². The van der Waals surface area contributed by atoms with Gasteiger partial charge >= 0.3 is 0 Å². The second-order valence-electron chi connectivity index (χ2n) is 5.55. The van der Waals surface area contributed by atoms with Gasteiger partial charge in [0.25, 0.3) is 5.91 Å². The van der Waals surface area contributed by atoms with Crippen LogP contribution < -0.4 is 15.8 Å². The van der Waals surface area contributed by atoms with Crippen molar-refractivity contribution in [3.63, 3.8) is 0 Å². The fourth-order valence-corrected chi connectivity index (χ4v) is 3.30. The largest absolute Gasteiger partial charge is 0.384 e. The normalized spacial score (nSPS) is 13.3. The van der Waals surface area contributed by atoms with Crippen molar-refractivity contribution in [2.75, 3.05) is 22.8 Å². The van der Waals surface area contributed by atoms with Gasteiger partial charge in [-0.1, -0.05) is 12.1 Å². The molecule has 0 fully saturated rings. The van der Waals surface area contributed by atoms with Gasteiger partial charge in [0.1, 0.15) is 0 Å². The molecular weight excluding hydrogens is 314 g/mol. The van der Waals surface area contributed by atoms with Gasteiger partial charge in [0.05, 0.1) is 17.5 Å². The van der Waals surface area contributed by atoms with Crippen molar-refractivity contribution in [2.24, 2.45) is 5.73 Å². The molecule has 0 aromatic heterocycles. The zero-order valence-electron chi connectivity index (χ0n) is 12.6. The zero-order chi connectivity index (χ0) is 16.6. The van der Waals surface area contributed by atoms with E-state index in [1.165, 1.54) is 0 Å². The van der Waals surface area contributed by atoms with Gasteiger partial charge in [-0.05, 0) is 47.4 Å². The summed E-state index contributed by atoms with van der Waals surface area (Å²) in [6, 6.07) is 10.8. The Balaban J connectivity index is 1.99. The van der Waals surface area contributed by atoms with Crippen molar-refractivity contribution in [3.8, 4) is 11.1 Å². The van der Waals surface area contributed by atoms with Crippen LogP contribution in [0.4, 0.5) is 11.4 Å². The van der Waals surface area contributed by atoms with Crippen molar-refractivity contribution >= 4 is 27.3 Å². The van der Waals surface area contributed by atoms with Crippen LogP contribution in [0.1, 0.15) is 15.9 Å². The first-order valence-electron chi connectivity index (χ1n) is 7.12. The highest BCUT2D eigenvalue weighted by atomic mass is 32.2. The Morgan fingerprint density at radius 3 is 2.48 bits per heavy atom. The third-order valence-corrected chi connectivity index (χ3v) is 4.31. The second kappa shape index (κ2) is 5.58. The lowest BCUT2D eigenvalue weighted by Crippen LogP contribution is -2.13. The third kappa shape index (κ3) is 3.29. The molecule has 7 heteroatoms. The van der Waals surface area contributed by atoms with Gasteiger partial charge in [-0.15, -0.1) is 0 Å². The van der Waals surface area contributed by atoms with Crippen molar-refractivity contribution in [2.45, 2.75) is 6.42 Å². The molecular formula is C16H17N3O3S. The molecule has 0 bridgehead atoms. The van der Waals surface area contributed by atoms with E-state index >= 15 is 0 Å². The summed E-state index contributed by atoms with van der Waals surface area (Å²) in [5.41, 5.74) is 10.1. The van der Waals surface area contributed by atoms with Crippen LogP contribution in [0.25, 0.3) is 11.1 Å². The molecule has 1 heterocycles. The first-order chi connectivity index (χ1) is 10.8. The fourth-order valence-electron chi connectivity index (χ4n) is 2.74. The maximum atomic E-state index is 11.7. The molecule has 6 nitrogen and oxygen atoms in total. The summed E-state index contributed by atoms with van der Waals surface area (Å²) in [6.07, 6.45) is 1.95. The van der Waals surface area contributed by atoms with Crippen LogP contribution >= 0.6 is 0 Å². The van der Waals surface area contributed by atoms with Crippen molar-refractivity contribution < 1.29 is 13.2 Å². The number of sulfonamides is 1. The number of anilines is 2. The number of nitrogens with two attached hydrogens (primary N) is 1. The van der Waals surface area contributed by atoms with Gasteiger partial charge in [-0.3, -0.25) is 9.52 Å². The van der Waals surface area contributed by atoms with Gasteiger partial charge in [-0.25, -0.2) is 8.42 Å². The van der Waals surface area contributed by atoms with E-state index in [4.69, 9.17) is 5.73 Å². The molecule has 4 N–H and O–H groups in total. The molecule has 0 radical (unpaired) electrons. The van der Waals surface area contributed by atoms with E-state index in [0.717, 1.165) is 41.6 Å². The van der Waals surface area contributed by atoms with Gasteiger partial charge in [0, 0.05) is 12.2 Å². The van der Waals surface area contributed by atoms with Crippen LogP contribution in [0.15, 0.2) is 36.4 Å². The fraction of sp³-hybridized carbons (Fsp3) is 0.188. The number of primary amides is 1. The molecule has 1 aliphatic rings. The SMILES string of the molecule is CS(=O)(=O)Nc1ccc(-c2cc3c(c(C(N)=O)c2)NCC3)cc1. The molecule has 0 atom stereocenters. The van der Waals surface area contributed by atoms with E-state index < -0.39 is 15.9 Å². The second-order valence-corrected chi connectivity index (χ2v) is 7.30. The highest BCUT2D eigenvalue weighted by Crippen LogP contribution is 2.32. The summed E-state index contributed by atoms with van der Waals surface area (Å²) >= 11 is 0. The average Bonchev–Trinajstić information content (AvgIpc) is 2.93. The van der Waals surface area contributed by atoms with E-state index in [2.05, 4.69) is 10.0 Å². The number of hydrogen-bond acceptors (Lipinski definition) is 4. The minimum atomic E-state index is -3.30. The molecule has 2 aromatic carbocycles. The maximum Gasteiger partial charge on any atom is 0.250 e. The number of fused-ring (bicyclic) bond motifs is 1. The summed E-state index contributed by atoms with van der Waals surface area (Å²) < 4.78 is 24.9. The van der Waals surface area contributed by atoms with Gasteiger partial charge in [0.2, 0.25) is 10.0 Å². The van der Waals surface area contributed by atoms with Crippen LogP contribution in [0.2, 0.25) is 0 Å². The number of amides is 1. The van der Waals surface area contributed by atoms with Crippen LogP contribution in [0.3, 0.4) is 0 Å². The third-order valence-electron chi connectivity index (χ3n) is 3.70. The quantitative estimate of drug-likeness (QED) is 0.795. The highest BCUT2D eigenvalue weighted by Gasteiger charge is 2.19. The molecule has 1 amide bonds. The number of nitrogens with one attached hydrogen (secondary N) is 2. The van der Waals surface area contributed by atoms with Crippen LogP contribution in [-0.2, 0) is 16.4 Å². The molecule has 23 heavy (non-hydrogen) atoms. The Labute approximate surface area is 134 Å². The summed E-state index contributed by atoms with van der Waals surface area (Å²) in [4.78, 5) is 11.7. The summed E-state index contributed by atoms with van der Waals surface area (Å²) in [5, 5.41) is 3.19. The minimum Gasteiger partial charge on any atom is -0.384 e. The lowest BCUT2D eigenvalue weighted by atomic mass is 9.97. The Kier molecular flexibility index (Phi) is 3.73. The first kappa shape index (κ1) is 15.4. The lowest BCUT2D eigenvalue weighted by molar-refractivity contribution is 0.100. The smallest absolute Gasteiger partial charge is 0.250 e. The summed E-state index contributed by atoms with van der Waals surface area (Å²) in [5.74, 6) is -0.465. The summed E-state index contributed by atoms with van der Waals surface area (Å²) in [6.45, 7) is 0.788. The van der Waals surface area contributed by atoms with Crippen molar-refractivity contribution in [1.29, 1.82) is 0 Å². The molecule has 3 rings (SSSR count). The Hall–Kier alpha value is -2.54. The van der Waals surface area contributed by atoms with E-state index in [0.29, 0.717) is 11.3 Å². The molecule has 2 aromatic rings. The van der Waals surface area contributed by atoms with E-state index in [9.17, 15) is 13.2 Å². The van der Waals surface area contributed by atoms with Crippen LogP contribution in [-0.4, -0.2) is 27.1 Å². The highest BCUT2D eigenvalue weighted by molar-refractivity contribution is 7.92.